The number of halogens is 1. The van der Waals surface area contributed by atoms with Gasteiger partial charge in [-0.3, -0.25) is 4.79 Å². The smallest absolute Gasteiger partial charge is 0.253 e. The van der Waals surface area contributed by atoms with Crippen LogP contribution in [0.25, 0.3) is 0 Å². The number of piperidine rings is 1. The van der Waals surface area contributed by atoms with Gasteiger partial charge in [0, 0.05) is 18.7 Å². The van der Waals surface area contributed by atoms with Crippen molar-refractivity contribution in [2.45, 2.75) is 44.6 Å². The van der Waals surface area contributed by atoms with Crippen molar-refractivity contribution in [1.82, 2.24) is 10.2 Å². The number of hydrogen-bond acceptors (Lipinski definition) is 3. The second kappa shape index (κ2) is 9.28. The molecule has 1 saturated carbocycles. The first kappa shape index (κ1) is 19.1. The normalized spacial score (nSPS) is 18.6. The van der Waals surface area contributed by atoms with Crippen LogP contribution in [0.3, 0.4) is 0 Å². The fourth-order valence-corrected chi connectivity index (χ4v) is 3.31. The van der Waals surface area contributed by atoms with Crippen LogP contribution >= 0.6 is 12.4 Å². The molecule has 2 aliphatic rings. The minimum absolute atomic E-state index is 0. The predicted octanol–water partition coefficient (Wildman–Crippen LogP) is 3.50. The molecule has 0 radical (unpaired) electrons. The van der Waals surface area contributed by atoms with Crippen LogP contribution in [0.4, 0.5) is 0 Å². The van der Waals surface area contributed by atoms with E-state index in [4.69, 9.17) is 4.74 Å². The summed E-state index contributed by atoms with van der Waals surface area (Å²) in [6.07, 6.45) is 7.42. The number of nitrogens with one attached hydrogen (secondary N) is 1. The molecule has 1 aliphatic carbocycles. The maximum Gasteiger partial charge on any atom is 0.253 e. The molecule has 1 N–H and O–H groups in total. The Labute approximate surface area is 151 Å². The third-order valence-electron chi connectivity index (χ3n) is 5.16. The molecular weight excluding hydrogens is 324 g/mol. The fourth-order valence-electron chi connectivity index (χ4n) is 3.31. The van der Waals surface area contributed by atoms with E-state index in [1.807, 2.05) is 36.2 Å². The van der Waals surface area contributed by atoms with Crippen LogP contribution in [-0.4, -0.2) is 43.6 Å². The molecule has 0 aromatic heterocycles. The number of amides is 1. The minimum atomic E-state index is 0. The first-order valence-electron chi connectivity index (χ1n) is 8.97. The summed E-state index contributed by atoms with van der Waals surface area (Å²) in [6, 6.07) is 7.68. The highest BCUT2D eigenvalue weighted by molar-refractivity contribution is 5.94. The van der Waals surface area contributed by atoms with Crippen molar-refractivity contribution in [2.24, 2.45) is 5.92 Å². The molecule has 0 spiro atoms. The third-order valence-corrected chi connectivity index (χ3v) is 5.16. The quantitative estimate of drug-likeness (QED) is 0.852. The molecule has 3 rings (SSSR count). The van der Waals surface area contributed by atoms with Gasteiger partial charge in [-0.15, -0.1) is 12.4 Å². The molecular formula is C19H29ClN2O2. The Bertz CT molecular complexity index is 509. The van der Waals surface area contributed by atoms with E-state index < -0.39 is 0 Å². The van der Waals surface area contributed by atoms with Gasteiger partial charge in [-0.05, 0) is 82.3 Å². The highest BCUT2D eigenvalue weighted by Crippen LogP contribution is 2.26. The summed E-state index contributed by atoms with van der Waals surface area (Å²) >= 11 is 0. The molecule has 1 amide bonds. The first-order valence-corrected chi connectivity index (χ1v) is 8.97. The summed E-state index contributed by atoms with van der Waals surface area (Å²) in [4.78, 5) is 14.6. The van der Waals surface area contributed by atoms with Gasteiger partial charge in [0.15, 0.2) is 0 Å². The Balaban J connectivity index is 0.00000208. The zero-order valence-corrected chi connectivity index (χ0v) is 15.3. The van der Waals surface area contributed by atoms with Crippen LogP contribution < -0.4 is 10.1 Å². The van der Waals surface area contributed by atoms with Crippen LogP contribution in [0.1, 0.15) is 48.9 Å². The van der Waals surface area contributed by atoms with Gasteiger partial charge in [0.05, 0.1) is 6.10 Å². The Hall–Kier alpha value is -1.26. The average Bonchev–Trinajstić information content (AvgIpc) is 2.57. The van der Waals surface area contributed by atoms with Crippen LogP contribution in [0.2, 0.25) is 0 Å². The van der Waals surface area contributed by atoms with Crippen LogP contribution in [0.5, 0.6) is 5.75 Å². The summed E-state index contributed by atoms with van der Waals surface area (Å²) < 4.78 is 5.85. The van der Waals surface area contributed by atoms with E-state index in [-0.39, 0.29) is 18.3 Å². The SMILES string of the molecule is CNCCC1CCN(C(=O)c2ccc(OC3CCC3)cc2)CC1.Cl. The molecule has 1 aromatic carbocycles. The van der Waals surface area contributed by atoms with Gasteiger partial charge >= 0.3 is 0 Å². The number of carbonyl (C=O) groups excluding carboxylic acids is 1. The molecule has 1 aromatic rings. The number of benzene rings is 1. The fraction of sp³-hybridized carbons (Fsp3) is 0.632. The van der Waals surface area contributed by atoms with Gasteiger partial charge in [-0.1, -0.05) is 0 Å². The molecule has 1 aliphatic heterocycles. The summed E-state index contributed by atoms with van der Waals surface area (Å²) in [7, 11) is 2.00. The molecule has 24 heavy (non-hydrogen) atoms. The third kappa shape index (κ3) is 4.87. The summed E-state index contributed by atoms with van der Waals surface area (Å²) in [6.45, 7) is 2.84. The molecule has 1 saturated heterocycles. The lowest BCUT2D eigenvalue weighted by Gasteiger charge is -2.32. The average molecular weight is 353 g/mol. The standard InChI is InChI=1S/C19H28N2O2.ClH/c1-20-12-9-15-10-13-21(14-11-15)19(22)16-5-7-18(8-6-16)23-17-3-2-4-17;/h5-8,15,17,20H,2-4,9-14H2,1H3;1H. The Morgan fingerprint density at radius 2 is 1.83 bits per heavy atom. The van der Waals surface area contributed by atoms with Crippen molar-refractivity contribution in [3.8, 4) is 5.75 Å². The van der Waals surface area contributed by atoms with E-state index in [1.165, 1.54) is 12.8 Å². The predicted molar refractivity (Wildman–Crippen MR) is 99.1 cm³/mol. The van der Waals surface area contributed by atoms with Crippen LogP contribution in [-0.2, 0) is 0 Å². The first-order chi connectivity index (χ1) is 11.3. The van der Waals surface area contributed by atoms with Crippen molar-refractivity contribution in [3.63, 3.8) is 0 Å². The molecule has 134 valence electrons. The molecule has 4 nitrogen and oxygen atoms in total. The second-order valence-corrected chi connectivity index (χ2v) is 6.82. The van der Waals surface area contributed by atoms with Gasteiger partial charge in [-0.25, -0.2) is 0 Å². The maximum absolute atomic E-state index is 12.6. The van der Waals surface area contributed by atoms with E-state index in [9.17, 15) is 4.79 Å². The highest BCUT2D eigenvalue weighted by atomic mass is 35.5. The molecule has 0 atom stereocenters. The van der Waals surface area contributed by atoms with E-state index in [0.29, 0.717) is 6.10 Å². The lowest BCUT2D eigenvalue weighted by atomic mass is 9.93. The van der Waals surface area contributed by atoms with E-state index in [0.717, 1.165) is 62.5 Å². The van der Waals surface area contributed by atoms with Crippen molar-refractivity contribution < 1.29 is 9.53 Å². The van der Waals surface area contributed by atoms with Crippen molar-refractivity contribution >= 4 is 18.3 Å². The molecule has 5 heteroatoms. The Morgan fingerprint density at radius 3 is 2.38 bits per heavy atom. The van der Waals surface area contributed by atoms with Gasteiger partial charge in [0.1, 0.15) is 5.75 Å². The Kier molecular flexibility index (Phi) is 7.38. The number of likely N-dealkylation sites (tertiary alicyclic amines) is 1. The van der Waals surface area contributed by atoms with Gasteiger partial charge in [0.25, 0.3) is 5.91 Å². The monoisotopic (exact) mass is 352 g/mol. The molecule has 0 bridgehead atoms. The molecule has 0 unspecified atom stereocenters. The van der Waals surface area contributed by atoms with Gasteiger partial charge in [0.2, 0.25) is 0 Å². The lowest BCUT2D eigenvalue weighted by molar-refractivity contribution is 0.0687. The minimum Gasteiger partial charge on any atom is -0.490 e. The van der Waals surface area contributed by atoms with Crippen molar-refractivity contribution in [3.05, 3.63) is 29.8 Å². The van der Waals surface area contributed by atoms with Crippen LogP contribution in [0.15, 0.2) is 24.3 Å². The lowest BCUT2D eigenvalue weighted by Crippen LogP contribution is -2.38. The largest absolute Gasteiger partial charge is 0.490 e. The summed E-state index contributed by atoms with van der Waals surface area (Å²) in [5, 5.41) is 3.21. The van der Waals surface area contributed by atoms with E-state index in [2.05, 4.69) is 5.32 Å². The highest BCUT2D eigenvalue weighted by Gasteiger charge is 2.23. The zero-order chi connectivity index (χ0) is 16.1. The number of ether oxygens (including phenoxy) is 1. The van der Waals surface area contributed by atoms with Crippen LogP contribution in [0, 0.1) is 5.92 Å². The van der Waals surface area contributed by atoms with Gasteiger partial charge in [-0.2, -0.15) is 0 Å². The molecule has 2 fully saturated rings. The van der Waals surface area contributed by atoms with Crippen molar-refractivity contribution in [2.75, 3.05) is 26.7 Å². The summed E-state index contributed by atoms with van der Waals surface area (Å²) in [5.74, 6) is 1.80. The van der Waals surface area contributed by atoms with E-state index in [1.54, 1.807) is 0 Å². The Morgan fingerprint density at radius 1 is 1.17 bits per heavy atom. The van der Waals surface area contributed by atoms with Crippen molar-refractivity contribution in [1.29, 1.82) is 0 Å². The topological polar surface area (TPSA) is 41.6 Å². The number of carbonyl (C=O) groups is 1. The number of rotatable bonds is 6. The number of hydrogen-bond donors (Lipinski definition) is 1. The summed E-state index contributed by atoms with van der Waals surface area (Å²) in [5.41, 5.74) is 0.777. The zero-order valence-electron chi connectivity index (χ0n) is 14.5. The maximum atomic E-state index is 12.6. The van der Waals surface area contributed by atoms with E-state index >= 15 is 0 Å². The van der Waals surface area contributed by atoms with Gasteiger partial charge < -0.3 is 15.0 Å². The second-order valence-electron chi connectivity index (χ2n) is 6.82. The number of nitrogens with zero attached hydrogens (tertiary/aromatic N) is 1. The molecule has 1 heterocycles.